The lowest BCUT2D eigenvalue weighted by molar-refractivity contribution is -0.116. The molecule has 4 aromatic rings. The van der Waals surface area contributed by atoms with Crippen LogP contribution < -0.4 is 5.32 Å². The van der Waals surface area contributed by atoms with E-state index < -0.39 is 0 Å². The quantitative estimate of drug-likeness (QED) is 0.556. The van der Waals surface area contributed by atoms with Gasteiger partial charge in [0.25, 0.3) is 0 Å². The Kier molecular flexibility index (Phi) is 4.01. The molecule has 0 aliphatic rings. The highest BCUT2D eigenvalue weighted by Gasteiger charge is 2.04. The van der Waals surface area contributed by atoms with E-state index >= 15 is 0 Å². The molecule has 0 atom stereocenters. The summed E-state index contributed by atoms with van der Waals surface area (Å²) >= 11 is 0. The topological polar surface area (TPSA) is 57.8 Å². The number of benzene rings is 2. The highest BCUT2D eigenvalue weighted by atomic mass is 16.1. The highest BCUT2D eigenvalue weighted by molar-refractivity contribution is 6.07. The van der Waals surface area contributed by atoms with Gasteiger partial charge in [0.1, 0.15) is 0 Å². The van der Waals surface area contributed by atoms with Gasteiger partial charge >= 0.3 is 0 Å². The van der Waals surface area contributed by atoms with Crippen LogP contribution >= 0.6 is 0 Å². The van der Waals surface area contributed by atoms with Crippen molar-refractivity contribution in [2.75, 3.05) is 0 Å². The van der Waals surface area contributed by atoms with Crippen molar-refractivity contribution in [1.29, 1.82) is 0 Å². The van der Waals surface area contributed by atoms with Crippen LogP contribution in [0.5, 0.6) is 0 Å². The second kappa shape index (κ2) is 6.61. The van der Waals surface area contributed by atoms with E-state index in [2.05, 4.69) is 21.4 Å². The monoisotopic (exact) mass is 327 g/mol. The average molecular weight is 327 g/mol. The molecule has 2 N–H and O–H groups in total. The minimum absolute atomic E-state index is 0.135. The lowest BCUT2D eigenvalue weighted by atomic mass is 10.1. The average Bonchev–Trinajstić information content (AvgIpc) is 3.03. The minimum atomic E-state index is -0.135. The Morgan fingerprint density at radius 1 is 1.00 bits per heavy atom. The predicted molar refractivity (Wildman–Crippen MR) is 101 cm³/mol. The summed E-state index contributed by atoms with van der Waals surface area (Å²) in [6, 6.07) is 20.0. The third kappa shape index (κ3) is 3.28. The molecule has 0 aliphatic heterocycles. The number of carbonyl (C=O) groups excluding carboxylic acids is 1. The number of aromatic amines is 1. The molecule has 0 radical (unpaired) electrons. The first-order valence-corrected chi connectivity index (χ1v) is 8.16. The summed E-state index contributed by atoms with van der Waals surface area (Å²) in [6.45, 7) is 0.513. The van der Waals surface area contributed by atoms with Crippen LogP contribution in [-0.2, 0) is 11.3 Å². The van der Waals surface area contributed by atoms with Crippen molar-refractivity contribution in [3.8, 4) is 0 Å². The van der Waals surface area contributed by atoms with Gasteiger partial charge in [0.05, 0.1) is 17.4 Å². The van der Waals surface area contributed by atoms with Gasteiger partial charge < -0.3 is 10.3 Å². The summed E-state index contributed by atoms with van der Waals surface area (Å²) in [5, 5.41) is 5.13. The Morgan fingerprint density at radius 3 is 2.68 bits per heavy atom. The zero-order chi connectivity index (χ0) is 17.1. The molecule has 4 nitrogen and oxygen atoms in total. The first-order chi connectivity index (χ1) is 12.3. The molecule has 0 fully saturated rings. The molecular formula is C21H17N3O. The summed E-state index contributed by atoms with van der Waals surface area (Å²) < 4.78 is 0. The molecule has 0 spiro atoms. The Hall–Kier alpha value is -3.40. The summed E-state index contributed by atoms with van der Waals surface area (Å²) in [6.07, 6.45) is 5.06. The van der Waals surface area contributed by atoms with Gasteiger partial charge in [-0.15, -0.1) is 0 Å². The number of hydrogen-bond donors (Lipinski definition) is 2. The third-order valence-corrected chi connectivity index (χ3v) is 4.13. The molecule has 122 valence electrons. The van der Waals surface area contributed by atoms with Crippen molar-refractivity contribution in [2.45, 2.75) is 6.54 Å². The van der Waals surface area contributed by atoms with Gasteiger partial charge in [-0.05, 0) is 23.8 Å². The molecule has 0 saturated heterocycles. The van der Waals surface area contributed by atoms with Gasteiger partial charge in [-0.2, -0.15) is 0 Å². The second-order valence-corrected chi connectivity index (χ2v) is 5.86. The number of aromatic nitrogens is 2. The SMILES string of the molecule is O=C(/C=C/c1cc2c(cn1)[nH]c1ccccc12)NCc1ccccc1. The van der Waals surface area contributed by atoms with E-state index in [0.29, 0.717) is 6.54 Å². The van der Waals surface area contributed by atoms with E-state index in [1.807, 2.05) is 54.6 Å². The maximum Gasteiger partial charge on any atom is 0.244 e. The van der Waals surface area contributed by atoms with Gasteiger partial charge in [0.15, 0.2) is 0 Å². The van der Waals surface area contributed by atoms with Crippen LogP contribution in [0, 0.1) is 0 Å². The van der Waals surface area contributed by atoms with E-state index in [0.717, 1.165) is 33.1 Å². The Morgan fingerprint density at radius 2 is 1.80 bits per heavy atom. The van der Waals surface area contributed by atoms with Crippen LogP contribution in [-0.4, -0.2) is 15.9 Å². The van der Waals surface area contributed by atoms with E-state index in [-0.39, 0.29) is 5.91 Å². The number of fused-ring (bicyclic) bond motifs is 3. The van der Waals surface area contributed by atoms with Crippen molar-refractivity contribution in [1.82, 2.24) is 15.3 Å². The molecule has 2 aromatic carbocycles. The lowest BCUT2D eigenvalue weighted by Gasteiger charge is -2.01. The van der Waals surface area contributed by atoms with Crippen molar-refractivity contribution in [3.63, 3.8) is 0 Å². The minimum Gasteiger partial charge on any atom is -0.353 e. The van der Waals surface area contributed by atoms with Gasteiger partial charge in [0.2, 0.25) is 5.91 Å². The summed E-state index contributed by atoms with van der Waals surface area (Å²) in [5.41, 5.74) is 3.91. The maximum absolute atomic E-state index is 12.0. The molecule has 4 rings (SSSR count). The fourth-order valence-electron chi connectivity index (χ4n) is 2.86. The van der Waals surface area contributed by atoms with Crippen molar-refractivity contribution in [2.24, 2.45) is 0 Å². The smallest absolute Gasteiger partial charge is 0.244 e. The van der Waals surface area contributed by atoms with Gasteiger partial charge in [-0.3, -0.25) is 9.78 Å². The molecule has 25 heavy (non-hydrogen) atoms. The predicted octanol–water partition coefficient (Wildman–Crippen LogP) is 4.05. The van der Waals surface area contributed by atoms with Crippen molar-refractivity contribution < 1.29 is 4.79 Å². The number of nitrogens with zero attached hydrogens (tertiary/aromatic N) is 1. The number of carbonyl (C=O) groups is 1. The molecular weight excluding hydrogens is 310 g/mol. The van der Waals surface area contributed by atoms with Crippen LogP contribution in [0.3, 0.4) is 0 Å². The van der Waals surface area contributed by atoms with E-state index in [9.17, 15) is 4.79 Å². The van der Waals surface area contributed by atoms with Crippen LogP contribution in [0.1, 0.15) is 11.3 Å². The fourth-order valence-corrected chi connectivity index (χ4v) is 2.86. The summed E-state index contributed by atoms with van der Waals surface area (Å²) in [5.74, 6) is -0.135. The Bertz CT molecular complexity index is 1060. The van der Waals surface area contributed by atoms with Crippen molar-refractivity contribution >= 4 is 33.8 Å². The van der Waals surface area contributed by atoms with Crippen LogP contribution in [0.4, 0.5) is 0 Å². The fraction of sp³-hybridized carbons (Fsp3) is 0.0476. The first kappa shape index (κ1) is 15.1. The number of hydrogen-bond acceptors (Lipinski definition) is 2. The summed E-state index contributed by atoms with van der Waals surface area (Å²) in [4.78, 5) is 19.7. The van der Waals surface area contributed by atoms with Crippen LogP contribution in [0.15, 0.2) is 72.9 Å². The molecule has 1 amide bonds. The number of amides is 1. The number of rotatable bonds is 4. The van der Waals surface area contributed by atoms with Gasteiger partial charge in [-0.25, -0.2) is 0 Å². The second-order valence-electron chi connectivity index (χ2n) is 5.86. The van der Waals surface area contributed by atoms with E-state index in [4.69, 9.17) is 0 Å². The Balaban J connectivity index is 1.50. The number of para-hydroxylation sites is 1. The zero-order valence-corrected chi connectivity index (χ0v) is 13.6. The largest absolute Gasteiger partial charge is 0.353 e. The maximum atomic E-state index is 12.0. The van der Waals surface area contributed by atoms with Gasteiger partial charge in [0, 0.05) is 28.9 Å². The Labute approximate surface area is 145 Å². The number of H-pyrrole nitrogens is 1. The first-order valence-electron chi connectivity index (χ1n) is 8.16. The molecule has 2 heterocycles. The molecule has 0 bridgehead atoms. The number of nitrogens with one attached hydrogen (secondary N) is 2. The van der Waals surface area contributed by atoms with E-state index in [1.165, 1.54) is 6.08 Å². The molecule has 4 heteroatoms. The standard InChI is InChI=1S/C21H17N3O/c25-21(23-13-15-6-2-1-3-7-15)11-10-16-12-18-17-8-4-5-9-19(17)24-20(18)14-22-16/h1-12,14,24H,13H2,(H,23,25)/b11-10+. The van der Waals surface area contributed by atoms with Gasteiger partial charge in [-0.1, -0.05) is 48.5 Å². The van der Waals surface area contributed by atoms with E-state index in [1.54, 1.807) is 12.3 Å². The zero-order valence-electron chi connectivity index (χ0n) is 13.6. The number of pyridine rings is 1. The summed E-state index contributed by atoms with van der Waals surface area (Å²) in [7, 11) is 0. The lowest BCUT2D eigenvalue weighted by Crippen LogP contribution is -2.20. The van der Waals surface area contributed by atoms with Crippen LogP contribution in [0.25, 0.3) is 27.9 Å². The molecule has 2 aromatic heterocycles. The van der Waals surface area contributed by atoms with Crippen molar-refractivity contribution in [3.05, 3.63) is 84.2 Å². The molecule has 0 saturated carbocycles. The highest BCUT2D eigenvalue weighted by Crippen LogP contribution is 2.25. The molecule has 0 unspecified atom stereocenters. The normalized spacial score (nSPS) is 11.4. The van der Waals surface area contributed by atoms with Crippen LogP contribution in [0.2, 0.25) is 0 Å². The molecule has 0 aliphatic carbocycles. The third-order valence-electron chi connectivity index (χ3n) is 4.13.